The summed E-state index contributed by atoms with van der Waals surface area (Å²) in [5, 5.41) is 7.85. The van der Waals surface area contributed by atoms with E-state index in [4.69, 9.17) is 5.73 Å². The third-order valence-corrected chi connectivity index (χ3v) is 4.03. The molecule has 0 atom stereocenters. The molecule has 0 aliphatic heterocycles. The van der Waals surface area contributed by atoms with Crippen LogP contribution in [0.2, 0.25) is 0 Å². The van der Waals surface area contributed by atoms with Crippen LogP contribution >= 0.6 is 0 Å². The predicted molar refractivity (Wildman–Crippen MR) is 82.9 cm³/mol. The highest BCUT2D eigenvalue weighted by molar-refractivity contribution is 5.91. The van der Waals surface area contributed by atoms with Gasteiger partial charge in [0.1, 0.15) is 17.8 Å². The van der Waals surface area contributed by atoms with E-state index in [1.165, 1.54) is 38.4 Å². The number of primary amides is 1. The summed E-state index contributed by atoms with van der Waals surface area (Å²) in [7, 11) is 1.91. The van der Waals surface area contributed by atoms with E-state index in [9.17, 15) is 4.79 Å². The molecule has 116 valence electrons. The van der Waals surface area contributed by atoms with E-state index >= 15 is 0 Å². The third kappa shape index (κ3) is 3.08. The van der Waals surface area contributed by atoms with Gasteiger partial charge in [-0.05, 0) is 12.8 Å². The fraction of sp³-hybridized carbons (Fsp3) is 0.467. The number of hydrogen-bond acceptors (Lipinski definition) is 5. The Bertz CT molecular complexity index is 674. The molecule has 1 aliphatic rings. The molecule has 3 rings (SSSR count). The second-order valence-corrected chi connectivity index (χ2v) is 5.71. The smallest absolute Gasteiger partial charge is 0.267 e. The van der Waals surface area contributed by atoms with Gasteiger partial charge in [-0.15, -0.1) is 0 Å². The third-order valence-electron chi connectivity index (χ3n) is 4.03. The molecule has 2 aromatic heterocycles. The van der Waals surface area contributed by atoms with E-state index in [1.54, 1.807) is 6.07 Å². The largest absolute Gasteiger partial charge is 0.364 e. The first-order valence-corrected chi connectivity index (χ1v) is 7.56. The molecule has 1 fully saturated rings. The van der Waals surface area contributed by atoms with E-state index in [1.807, 2.05) is 17.9 Å². The monoisotopic (exact) mass is 300 g/mol. The number of carbonyl (C=O) groups is 1. The second kappa shape index (κ2) is 6.13. The molecule has 3 N–H and O–H groups in total. The normalized spacial score (nSPS) is 15.7. The zero-order chi connectivity index (χ0) is 15.5. The van der Waals surface area contributed by atoms with E-state index in [2.05, 4.69) is 20.4 Å². The van der Waals surface area contributed by atoms with E-state index < -0.39 is 5.91 Å². The zero-order valence-electron chi connectivity index (χ0n) is 12.6. The molecule has 0 aromatic carbocycles. The maximum atomic E-state index is 11.2. The SMILES string of the molecule is Cn1cc(Nc2cc(C(N)=O)ncn2)c(C2CCCCC2)n1. The summed E-state index contributed by atoms with van der Waals surface area (Å²) >= 11 is 0. The minimum atomic E-state index is -0.566. The topological polar surface area (TPSA) is 98.7 Å². The molecule has 0 spiro atoms. The summed E-state index contributed by atoms with van der Waals surface area (Å²) in [5.41, 5.74) is 7.45. The van der Waals surface area contributed by atoms with Gasteiger partial charge in [0, 0.05) is 25.2 Å². The van der Waals surface area contributed by atoms with Crippen molar-refractivity contribution >= 4 is 17.4 Å². The molecule has 7 nitrogen and oxygen atoms in total. The second-order valence-electron chi connectivity index (χ2n) is 5.71. The van der Waals surface area contributed by atoms with Crippen molar-refractivity contribution in [1.82, 2.24) is 19.7 Å². The highest BCUT2D eigenvalue weighted by Gasteiger charge is 2.22. The van der Waals surface area contributed by atoms with Crippen molar-refractivity contribution in [3.8, 4) is 0 Å². The molecule has 0 bridgehead atoms. The molecule has 2 aromatic rings. The van der Waals surface area contributed by atoms with Gasteiger partial charge in [-0.3, -0.25) is 9.48 Å². The van der Waals surface area contributed by atoms with Gasteiger partial charge in [0.2, 0.25) is 0 Å². The Morgan fingerprint density at radius 2 is 2.09 bits per heavy atom. The average molecular weight is 300 g/mol. The highest BCUT2D eigenvalue weighted by Crippen LogP contribution is 2.36. The zero-order valence-corrected chi connectivity index (χ0v) is 12.6. The number of hydrogen-bond donors (Lipinski definition) is 2. The van der Waals surface area contributed by atoms with Gasteiger partial charge >= 0.3 is 0 Å². The Kier molecular flexibility index (Phi) is 4.04. The number of aromatic nitrogens is 4. The van der Waals surface area contributed by atoms with Crippen molar-refractivity contribution in [3.63, 3.8) is 0 Å². The number of amides is 1. The molecule has 1 saturated carbocycles. The number of nitrogens with one attached hydrogen (secondary N) is 1. The highest BCUT2D eigenvalue weighted by atomic mass is 16.1. The molecular formula is C15H20N6O. The summed E-state index contributed by atoms with van der Waals surface area (Å²) in [6, 6.07) is 1.56. The number of rotatable bonds is 4. The summed E-state index contributed by atoms with van der Waals surface area (Å²) < 4.78 is 1.81. The Morgan fingerprint density at radius 1 is 1.32 bits per heavy atom. The van der Waals surface area contributed by atoms with Crippen LogP contribution in [0.4, 0.5) is 11.5 Å². The molecule has 0 unspecified atom stereocenters. The lowest BCUT2D eigenvalue weighted by molar-refractivity contribution is 0.0995. The van der Waals surface area contributed by atoms with Crippen LogP contribution in [0, 0.1) is 0 Å². The Balaban J connectivity index is 1.85. The minimum Gasteiger partial charge on any atom is -0.364 e. The number of anilines is 2. The van der Waals surface area contributed by atoms with Crippen molar-refractivity contribution in [2.24, 2.45) is 12.8 Å². The summed E-state index contributed by atoms with van der Waals surface area (Å²) in [4.78, 5) is 19.2. The van der Waals surface area contributed by atoms with Crippen LogP contribution in [0.1, 0.15) is 54.2 Å². The van der Waals surface area contributed by atoms with Crippen LogP contribution in [0.15, 0.2) is 18.6 Å². The van der Waals surface area contributed by atoms with Crippen molar-refractivity contribution < 1.29 is 4.79 Å². The van der Waals surface area contributed by atoms with Crippen LogP contribution in [0.5, 0.6) is 0 Å². The maximum Gasteiger partial charge on any atom is 0.267 e. The van der Waals surface area contributed by atoms with Gasteiger partial charge in [0.25, 0.3) is 5.91 Å². The van der Waals surface area contributed by atoms with E-state index in [0.29, 0.717) is 11.7 Å². The molecule has 1 aliphatic carbocycles. The summed E-state index contributed by atoms with van der Waals surface area (Å²) in [6.07, 6.45) is 9.42. The first-order valence-electron chi connectivity index (χ1n) is 7.56. The van der Waals surface area contributed by atoms with Crippen LogP contribution in [0.25, 0.3) is 0 Å². The first kappa shape index (κ1) is 14.5. The molecule has 2 heterocycles. The van der Waals surface area contributed by atoms with Gasteiger partial charge in [-0.2, -0.15) is 5.10 Å². The lowest BCUT2D eigenvalue weighted by Crippen LogP contribution is -2.13. The lowest BCUT2D eigenvalue weighted by Gasteiger charge is -2.21. The number of nitrogens with two attached hydrogens (primary N) is 1. The standard InChI is InChI=1S/C15H20N6O/c1-21-8-12(14(20-21)10-5-3-2-4-6-10)19-13-7-11(15(16)22)17-9-18-13/h7-10H,2-6H2,1H3,(H2,16,22)(H,17,18,19). The van der Waals surface area contributed by atoms with Crippen molar-refractivity contribution in [1.29, 1.82) is 0 Å². The quantitative estimate of drug-likeness (QED) is 0.901. The van der Waals surface area contributed by atoms with Gasteiger partial charge in [-0.25, -0.2) is 9.97 Å². The molecule has 0 radical (unpaired) electrons. The molecule has 7 heteroatoms. The van der Waals surface area contributed by atoms with Crippen LogP contribution < -0.4 is 11.1 Å². The average Bonchev–Trinajstić information content (AvgIpc) is 2.89. The molecular weight excluding hydrogens is 280 g/mol. The fourth-order valence-corrected chi connectivity index (χ4v) is 2.98. The first-order chi connectivity index (χ1) is 10.6. The molecule has 22 heavy (non-hydrogen) atoms. The number of nitrogens with zero attached hydrogens (tertiary/aromatic N) is 4. The van der Waals surface area contributed by atoms with Crippen LogP contribution in [-0.2, 0) is 7.05 Å². The van der Waals surface area contributed by atoms with Crippen molar-refractivity contribution in [2.75, 3.05) is 5.32 Å². The van der Waals surface area contributed by atoms with Crippen LogP contribution in [0.3, 0.4) is 0 Å². The maximum absolute atomic E-state index is 11.2. The lowest BCUT2D eigenvalue weighted by atomic mass is 9.86. The van der Waals surface area contributed by atoms with Crippen LogP contribution in [-0.4, -0.2) is 25.7 Å². The van der Waals surface area contributed by atoms with Gasteiger partial charge < -0.3 is 11.1 Å². The van der Waals surface area contributed by atoms with Gasteiger partial charge in [0.05, 0.1) is 11.4 Å². The Labute approximate surface area is 129 Å². The number of aryl methyl sites for hydroxylation is 1. The summed E-state index contributed by atoms with van der Waals surface area (Å²) in [6.45, 7) is 0. The molecule has 0 saturated heterocycles. The van der Waals surface area contributed by atoms with Crippen molar-refractivity contribution in [3.05, 3.63) is 30.0 Å². The van der Waals surface area contributed by atoms with Gasteiger partial charge in [0.15, 0.2) is 0 Å². The Morgan fingerprint density at radius 3 is 2.82 bits per heavy atom. The predicted octanol–water partition coefficient (Wildman–Crippen LogP) is 2.10. The van der Waals surface area contributed by atoms with Gasteiger partial charge in [-0.1, -0.05) is 19.3 Å². The van der Waals surface area contributed by atoms with E-state index in [-0.39, 0.29) is 5.69 Å². The van der Waals surface area contributed by atoms with E-state index in [0.717, 1.165) is 11.4 Å². The fourth-order valence-electron chi connectivity index (χ4n) is 2.98. The number of carbonyl (C=O) groups excluding carboxylic acids is 1. The minimum absolute atomic E-state index is 0.195. The Hall–Kier alpha value is -2.44. The van der Waals surface area contributed by atoms with Crippen molar-refractivity contribution in [2.45, 2.75) is 38.0 Å². The molecule has 1 amide bonds. The summed E-state index contributed by atoms with van der Waals surface area (Å²) in [5.74, 6) is 0.466.